The molecule has 0 saturated heterocycles. The first-order valence-electron chi connectivity index (χ1n) is 10.2. The largest absolute Gasteiger partial charge is 0.465 e. The first-order valence-corrected chi connectivity index (χ1v) is 10.2. The molecule has 3 aromatic carbocycles. The molecular formula is C25H22N4O4. The summed E-state index contributed by atoms with van der Waals surface area (Å²) in [4.78, 5) is 35.8. The highest BCUT2D eigenvalue weighted by Crippen LogP contribution is 2.38. The average molecular weight is 442 g/mol. The highest BCUT2D eigenvalue weighted by molar-refractivity contribution is 6.37. The number of nitrogens with two attached hydrogens (primary N) is 1. The molecule has 8 nitrogen and oxygen atoms in total. The fraction of sp³-hybridized carbons (Fsp3) is 0.0800. The smallest absolute Gasteiger partial charge is 0.337 e. The number of hydrogen-bond donors (Lipinski definition) is 4. The molecule has 0 bridgehead atoms. The number of rotatable bonds is 6. The van der Waals surface area contributed by atoms with Gasteiger partial charge in [0, 0.05) is 17.8 Å². The topological polar surface area (TPSA) is 123 Å². The van der Waals surface area contributed by atoms with Crippen LogP contribution in [0, 0.1) is 0 Å². The summed E-state index contributed by atoms with van der Waals surface area (Å²) in [6.45, 7) is 0.320. The molecule has 1 heterocycles. The van der Waals surface area contributed by atoms with Crippen LogP contribution in [-0.4, -0.2) is 25.0 Å². The van der Waals surface area contributed by atoms with Gasteiger partial charge in [0.05, 0.1) is 29.6 Å². The van der Waals surface area contributed by atoms with E-state index in [4.69, 9.17) is 10.5 Å². The van der Waals surface area contributed by atoms with Crippen LogP contribution >= 0.6 is 0 Å². The van der Waals surface area contributed by atoms with Crippen LogP contribution in [0.2, 0.25) is 0 Å². The van der Waals surface area contributed by atoms with Gasteiger partial charge in [-0.25, -0.2) is 9.59 Å². The quantitative estimate of drug-likeness (QED) is 0.343. The lowest BCUT2D eigenvalue weighted by atomic mass is 9.99. The summed E-state index contributed by atoms with van der Waals surface area (Å²) in [5.74, 6) is -0.752. The van der Waals surface area contributed by atoms with Crippen LogP contribution in [0.5, 0.6) is 0 Å². The van der Waals surface area contributed by atoms with Crippen molar-refractivity contribution in [3.63, 3.8) is 0 Å². The van der Waals surface area contributed by atoms with E-state index in [0.717, 1.165) is 16.8 Å². The highest BCUT2D eigenvalue weighted by atomic mass is 16.5. The SMILES string of the molecule is COC(=O)c1ccc2c(c1)NC(=O)C2=C(Nc1ccc(CNC(N)=O)cc1)c1ccccc1. The Hall–Kier alpha value is -4.59. The second-order valence-electron chi connectivity index (χ2n) is 7.36. The zero-order valence-electron chi connectivity index (χ0n) is 17.8. The summed E-state index contributed by atoms with van der Waals surface area (Å²) < 4.78 is 4.78. The van der Waals surface area contributed by atoms with E-state index in [9.17, 15) is 14.4 Å². The van der Waals surface area contributed by atoms with E-state index in [1.54, 1.807) is 18.2 Å². The molecule has 166 valence electrons. The molecule has 0 unspecified atom stereocenters. The van der Waals surface area contributed by atoms with Crippen LogP contribution in [0.15, 0.2) is 72.8 Å². The van der Waals surface area contributed by atoms with Crippen LogP contribution in [0.1, 0.15) is 27.0 Å². The predicted octanol–water partition coefficient (Wildman–Crippen LogP) is 3.57. The maximum Gasteiger partial charge on any atom is 0.337 e. The van der Waals surface area contributed by atoms with Crippen LogP contribution in [0.4, 0.5) is 16.2 Å². The van der Waals surface area contributed by atoms with Gasteiger partial charge in [-0.2, -0.15) is 0 Å². The fourth-order valence-electron chi connectivity index (χ4n) is 3.59. The van der Waals surface area contributed by atoms with Crippen molar-refractivity contribution in [3.8, 4) is 0 Å². The van der Waals surface area contributed by atoms with Gasteiger partial charge in [-0.3, -0.25) is 4.79 Å². The van der Waals surface area contributed by atoms with Gasteiger partial charge >= 0.3 is 12.0 Å². The Kier molecular flexibility index (Phi) is 6.08. The number of amides is 3. The van der Waals surface area contributed by atoms with E-state index in [0.29, 0.717) is 34.6 Å². The molecule has 33 heavy (non-hydrogen) atoms. The minimum absolute atomic E-state index is 0.277. The number of esters is 1. The number of nitrogens with one attached hydrogen (secondary N) is 3. The molecule has 8 heteroatoms. The molecule has 0 aromatic heterocycles. The molecule has 3 aromatic rings. The lowest BCUT2D eigenvalue weighted by molar-refractivity contribution is -0.110. The van der Waals surface area contributed by atoms with Gasteiger partial charge in [-0.15, -0.1) is 0 Å². The molecule has 0 radical (unpaired) electrons. The summed E-state index contributed by atoms with van der Waals surface area (Å²) in [6.07, 6.45) is 0. The third kappa shape index (κ3) is 4.69. The van der Waals surface area contributed by atoms with Gasteiger partial charge in [0.15, 0.2) is 0 Å². The number of hydrogen-bond acceptors (Lipinski definition) is 5. The van der Waals surface area contributed by atoms with Crippen LogP contribution < -0.4 is 21.7 Å². The second-order valence-corrected chi connectivity index (χ2v) is 7.36. The molecular weight excluding hydrogens is 420 g/mol. The standard InChI is InChI=1S/C25H22N4O4/c1-33-24(31)17-9-12-19-20(13-17)29-23(30)21(19)22(16-5-3-2-4-6-16)28-18-10-7-15(8-11-18)14-27-25(26)32/h2-13,28H,14H2,1H3,(H,29,30)(H3,26,27,32). The highest BCUT2D eigenvalue weighted by Gasteiger charge is 2.29. The molecule has 0 fully saturated rings. The number of primary amides is 1. The van der Waals surface area contributed by atoms with Gasteiger partial charge in [-0.1, -0.05) is 48.5 Å². The summed E-state index contributed by atoms with van der Waals surface area (Å²) in [5.41, 5.74) is 10.3. The molecule has 0 spiro atoms. The molecule has 1 aliphatic heterocycles. The van der Waals surface area contributed by atoms with Crippen molar-refractivity contribution in [3.05, 3.63) is 95.1 Å². The van der Waals surface area contributed by atoms with Gasteiger partial charge in [0.1, 0.15) is 0 Å². The van der Waals surface area contributed by atoms with Gasteiger partial charge in [0.25, 0.3) is 5.91 Å². The maximum atomic E-state index is 13.0. The van der Waals surface area contributed by atoms with Crippen LogP contribution in [0.3, 0.4) is 0 Å². The normalized spacial score (nSPS) is 13.5. The summed E-state index contributed by atoms with van der Waals surface area (Å²) >= 11 is 0. The van der Waals surface area contributed by atoms with E-state index in [1.165, 1.54) is 7.11 Å². The number of fused-ring (bicyclic) bond motifs is 1. The number of carbonyl (C=O) groups excluding carboxylic acids is 3. The Labute approximate surface area is 190 Å². The van der Waals surface area contributed by atoms with Crippen molar-refractivity contribution < 1.29 is 19.1 Å². The van der Waals surface area contributed by atoms with Crippen molar-refractivity contribution >= 4 is 40.6 Å². The van der Waals surface area contributed by atoms with Crippen LogP contribution in [0.25, 0.3) is 11.3 Å². The van der Waals surface area contributed by atoms with E-state index in [1.807, 2.05) is 54.6 Å². The molecule has 3 amide bonds. The number of benzene rings is 3. The zero-order chi connectivity index (χ0) is 23.4. The Bertz CT molecular complexity index is 1250. The number of carbonyl (C=O) groups is 3. The molecule has 5 N–H and O–H groups in total. The van der Waals surface area contributed by atoms with Gasteiger partial charge < -0.3 is 26.4 Å². The third-order valence-electron chi connectivity index (χ3n) is 5.19. The second kappa shape index (κ2) is 9.27. The molecule has 0 aliphatic carbocycles. The number of urea groups is 1. The third-order valence-corrected chi connectivity index (χ3v) is 5.19. The molecule has 1 aliphatic rings. The van der Waals surface area contributed by atoms with Gasteiger partial charge in [0.2, 0.25) is 0 Å². The summed E-state index contributed by atoms with van der Waals surface area (Å²) in [6, 6.07) is 21.3. The van der Waals surface area contributed by atoms with Crippen molar-refractivity contribution in [2.75, 3.05) is 17.7 Å². The minimum atomic E-state index is -0.588. The maximum absolute atomic E-state index is 13.0. The Balaban J connectivity index is 1.74. The van der Waals surface area contributed by atoms with E-state index >= 15 is 0 Å². The predicted molar refractivity (Wildman–Crippen MR) is 126 cm³/mol. The van der Waals surface area contributed by atoms with Crippen molar-refractivity contribution in [1.82, 2.24) is 5.32 Å². The van der Waals surface area contributed by atoms with E-state index < -0.39 is 12.0 Å². The minimum Gasteiger partial charge on any atom is -0.465 e. The average Bonchev–Trinajstić information content (AvgIpc) is 3.16. The van der Waals surface area contributed by atoms with Crippen molar-refractivity contribution in [1.29, 1.82) is 0 Å². The van der Waals surface area contributed by atoms with Crippen molar-refractivity contribution in [2.24, 2.45) is 5.73 Å². The number of methoxy groups -OCH3 is 1. The molecule has 4 rings (SSSR count). The van der Waals surface area contributed by atoms with Gasteiger partial charge in [-0.05, 0) is 35.4 Å². The first kappa shape index (κ1) is 21.6. The number of anilines is 2. The summed E-state index contributed by atoms with van der Waals surface area (Å²) in [7, 11) is 1.31. The Morgan fingerprint density at radius 2 is 1.70 bits per heavy atom. The summed E-state index contributed by atoms with van der Waals surface area (Å²) in [5, 5.41) is 8.76. The lowest BCUT2D eigenvalue weighted by Crippen LogP contribution is -2.28. The van der Waals surface area contributed by atoms with Crippen LogP contribution in [-0.2, 0) is 16.1 Å². The lowest BCUT2D eigenvalue weighted by Gasteiger charge is -2.15. The Morgan fingerprint density at radius 1 is 0.970 bits per heavy atom. The van der Waals surface area contributed by atoms with Crippen molar-refractivity contribution in [2.45, 2.75) is 6.54 Å². The number of ether oxygens (including phenoxy) is 1. The molecule has 0 saturated carbocycles. The monoisotopic (exact) mass is 442 g/mol. The molecule has 0 atom stereocenters. The van der Waals surface area contributed by atoms with E-state index in [2.05, 4.69) is 16.0 Å². The fourth-order valence-corrected chi connectivity index (χ4v) is 3.59. The van der Waals surface area contributed by atoms with E-state index in [-0.39, 0.29) is 5.91 Å². The Morgan fingerprint density at radius 3 is 2.36 bits per heavy atom. The zero-order valence-corrected chi connectivity index (χ0v) is 17.8. The first-order chi connectivity index (χ1) is 16.0.